The lowest BCUT2D eigenvalue weighted by Crippen LogP contribution is -2.44. The van der Waals surface area contributed by atoms with Crippen molar-refractivity contribution in [3.8, 4) is 5.75 Å². The Hall–Kier alpha value is -1.06. The summed E-state index contributed by atoms with van der Waals surface area (Å²) in [5.74, 6) is 2.99. The molecular formula is C27H42O3. The molecule has 0 bridgehead atoms. The highest BCUT2D eigenvalue weighted by atomic mass is 16.5. The monoisotopic (exact) mass is 414 g/mol. The quantitative estimate of drug-likeness (QED) is 0.452. The number of hydrogen-bond acceptors (Lipinski definition) is 3. The molecule has 3 heteroatoms. The highest BCUT2D eigenvalue weighted by Crippen LogP contribution is 2.62. The third-order valence-corrected chi connectivity index (χ3v) is 9.00. The van der Waals surface area contributed by atoms with Crippen LogP contribution < -0.4 is 0 Å². The summed E-state index contributed by atoms with van der Waals surface area (Å²) >= 11 is 0. The zero-order valence-electron chi connectivity index (χ0n) is 19.1. The molecule has 0 aliphatic heterocycles. The Morgan fingerprint density at radius 2 is 1.77 bits per heavy atom. The molecule has 0 spiro atoms. The molecule has 0 saturated heterocycles. The van der Waals surface area contributed by atoms with Crippen LogP contribution >= 0.6 is 0 Å². The van der Waals surface area contributed by atoms with Gasteiger partial charge in [0.25, 0.3) is 0 Å². The van der Waals surface area contributed by atoms with Gasteiger partial charge in [0, 0.05) is 13.7 Å². The second-order valence-electron chi connectivity index (χ2n) is 10.7. The van der Waals surface area contributed by atoms with Crippen molar-refractivity contribution in [3.63, 3.8) is 0 Å². The molecular weight excluding hydrogens is 372 g/mol. The van der Waals surface area contributed by atoms with Gasteiger partial charge in [0.2, 0.25) is 0 Å². The van der Waals surface area contributed by atoms with E-state index in [1.807, 2.05) is 6.07 Å². The van der Waals surface area contributed by atoms with E-state index in [-0.39, 0.29) is 11.5 Å². The number of fused-ring (bicyclic) bond motifs is 5. The summed E-state index contributed by atoms with van der Waals surface area (Å²) < 4.78 is 5.14. The van der Waals surface area contributed by atoms with Crippen molar-refractivity contribution < 1.29 is 14.9 Å². The fourth-order valence-electron chi connectivity index (χ4n) is 7.30. The van der Waals surface area contributed by atoms with Crippen molar-refractivity contribution in [3.05, 3.63) is 29.3 Å². The topological polar surface area (TPSA) is 49.7 Å². The minimum Gasteiger partial charge on any atom is -0.508 e. The van der Waals surface area contributed by atoms with Crippen LogP contribution in [0.5, 0.6) is 5.75 Å². The van der Waals surface area contributed by atoms with Gasteiger partial charge in [-0.05, 0) is 97.3 Å². The Labute approximate surface area is 183 Å². The van der Waals surface area contributed by atoms with E-state index in [1.54, 1.807) is 7.11 Å². The van der Waals surface area contributed by atoms with E-state index in [1.165, 1.54) is 75.3 Å². The molecule has 3 nitrogen and oxygen atoms in total. The predicted octanol–water partition coefficient (Wildman–Crippen LogP) is 6.53. The summed E-state index contributed by atoms with van der Waals surface area (Å²) in [4.78, 5) is 0. The van der Waals surface area contributed by atoms with Gasteiger partial charge in [-0.2, -0.15) is 0 Å². The van der Waals surface area contributed by atoms with Gasteiger partial charge in [0.05, 0.1) is 6.10 Å². The number of hydrogen-bond donors (Lipinski definition) is 2. The smallest absolute Gasteiger partial charge is 0.115 e. The third kappa shape index (κ3) is 4.30. The number of rotatable bonds is 9. The molecule has 3 aliphatic rings. The number of ether oxygens (including phenoxy) is 1. The van der Waals surface area contributed by atoms with Gasteiger partial charge in [0.1, 0.15) is 5.75 Å². The Morgan fingerprint density at radius 3 is 2.57 bits per heavy atom. The lowest BCUT2D eigenvalue weighted by atomic mass is 9.53. The Balaban J connectivity index is 1.42. The average Bonchev–Trinajstić information content (AvgIpc) is 3.04. The molecule has 1 aromatic rings. The van der Waals surface area contributed by atoms with Crippen LogP contribution in [0.4, 0.5) is 0 Å². The fraction of sp³-hybridized carbons (Fsp3) is 0.778. The number of phenols is 1. The highest BCUT2D eigenvalue weighted by Gasteiger charge is 2.55. The Kier molecular flexibility index (Phi) is 7.09. The van der Waals surface area contributed by atoms with Crippen molar-refractivity contribution in [2.24, 2.45) is 17.3 Å². The average molecular weight is 415 g/mol. The van der Waals surface area contributed by atoms with E-state index >= 15 is 0 Å². The van der Waals surface area contributed by atoms with Gasteiger partial charge in [-0.1, -0.05) is 45.1 Å². The highest BCUT2D eigenvalue weighted by molar-refractivity contribution is 5.42. The van der Waals surface area contributed by atoms with Crippen molar-refractivity contribution >= 4 is 0 Å². The first-order valence-electron chi connectivity index (χ1n) is 12.5. The Bertz CT molecular complexity index is 701. The summed E-state index contributed by atoms with van der Waals surface area (Å²) in [6, 6.07) is 6.19. The molecule has 0 amide bonds. The molecule has 30 heavy (non-hydrogen) atoms. The third-order valence-electron chi connectivity index (χ3n) is 9.00. The number of benzene rings is 1. The molecule has 6 atom stereocenters. The van der Waals surface area contributed by atoms with E-state index in [0.29, 0.717) is 29.4 Å². The van der Waals surface area contributed by atoms with Gasteiger partial charge < -0.3 is 14.9 Å². The van der Waals surface area contributed by atoms with Crippen LogP contribution in [-0.2, 0) is 4.74 Å². The molecule has 0 heterocycles. The van der Waals surface area contributed by atoms with Crippen LogP contribution in [0.15, 0.2) is 18.2 Å². The second-order valence-corrected chi connectivity index (χ2v) is 10.7. The summed E-state index contributed by atoms with van der Waals surface area (Å²) in [7, 11) is 1.78. The molecule has 0 aromatic heterocycles. The normalized spacial score (nSPS) is 35.0. The van der Waals surface area contributed by atoms with E-state index < -0.39 is 0 Å². The van der Waals surface area contributed by atoms with E-state index in [4.69, 9.17) is 4.74 Å². The predicted molar refractivity (Wildman–Crippen MR) is 122 cm³/mol. The zero-order chi connectivity index (χ0) is 21.1. The van der Waals surface area contributed by atoms with Crippen molar-refractivity contribution in [1.82, 2.24) is 0 Å². The van der Waals surface area contributed by atoms with Crippen molar-refractivity contribution in [1.29, 1.82) is 0 Å². The lowest BCUT2D eigenvalue weighted by Gasteiger charge is -2.51. The van der Waals surface area contributed by atoms with Crippen LogP contribution in [0.25, 0.3) is 0 Å². The summed E-state index contributed by atoms with van der Waals surface area (Å²) in [6.07, 6.45) is 14.6. The number of methoxy groups -OCH3 is 1. The fourth-order valence-corrected chi connectivity index (χ4v) is 7.30. The van der Waals surface area contributed by atoms with Gasteiger partial charge in [-0.25, -0.2) is 0 Å². The van der Waals surface area contributed by atoms with Crippen LogP contribution in [0.3, 0.4) is 0 Å². The molecule has 0 radical (unpaired) electrons. The Morgan fingerprint density at radius 1 is 1.00 bits per heavy atom. The van der Waals surface area contributed by atoms with E-state index in [9.17, 15) is 10.2 Å². The lowest BCUT2D eigenvalue weighted by molar-refractivity contribution is -0.0252. The van der Waals surface area contributed by atoms with Gasteiger partial charge in [0.15, 0.2) is 0 Å². The number of aliphatic hydroxyl groups is 1. The number of phenolic OH excluding ortho intramolecular Hbond substituents is 1. The molecule has 3 aliphatic carbocycles. The molecule has 1 aromatic carbocycles. The van der Waals surface area contributed by atoms with Crippen molar-refractivity contribution in [2.75, 3.05) is 13.7 Å². The first-order chi connectivity index (χ1) is 14.5. The molecule has 2 N–H and O–H groups in total. The molecule has 168 valence electrons. The van der Waals surface area contributed by atoms with Gasteiger partial charge >= 0.3 is 0 Å². The maximum Gasteiger partial charge on any atom is 0.115 e. The minimum atomic E-state index is -0.110. The summed E-state index contributed by atoms with van der Waals surface area (Å²) in [5, 5.41) is 20.9. The summed E-state index contributed by atoms with van der Waals surface area (Å²) in [5.41, 5.74) is 3.07. The van der Waals surface area contributed by atoms with Crippen LogP contribution in [0, 0.1) is 17.3 Å². The number of aliphatic hydroxyl groups excluding tert-OH is 1. The maximum atomic E-state index is 10.7. The minimum absolute atomic E-state index is 0.110. The maximum absolute atomic E-state index is 10.7. The molecule has 1 unspecified atom stereocenters. The van der Waals surface area contributed by atoms with Crippen molar-refractivity contribution in [2.45, 2.75) is 102 Å². The molecule has 2 fully saturated rings. The number of unbranched alkanes of at least 4 members (excludes halogenated alkanes) is 5. The standard InChI is InChI=1S/C27H42O3/c1-27-15-14-22-21-11-10-20(28)18-23(21)19(9-7-5-3-4-6-8-16-30-2)17-24(22)25(27)12-13-26(27)29/h10-11,18-19,22,24-26,28-29H,3-9,12-17H2,1-2H3/t19-,22-,24-,25+,26?,27+/m1/s1. The van der Waals surface area contributed by atoms with E-state index in [0.717, 1.165) is 19.4 Å². The SMILES string of the molecule is COCCCCCCCC[C@@H]1C[C@@H]2[C@H](CC[C@]3(C)C(O)CC[C@@H]23)c2ccc(O)cc21. The number of aromatic hydroxyl groups is 1. The second kappa shape index (κ2) is 9.61. The molecule has 4 rings (SSSR count). The largest absolute Gasteiger partial charge is 0.508 e. The molecule has 2 saturated carbocycles. The zero-order valence-corrected chi connectivity index (χ0v) is 19.1. The first-order valence-corrected chi connectivity index (χ1v) is 12.5. The van der Waals surface area contributed by atoms with Gasteiger partial charge in [-0.3, -0.25) is 0 Å². The van der Waals surface area contributed by atoms with Crippen LogP contribution in [-0.4, -0.2) is 30.0 Å². The van der Waals surface area contributed by atoms with Crippen LogP contribution in [0.1, 0.15) is 107 Å². The van der Waals surface area contributed by atoms with E-state index in [2.05, 4.69) is 19.1 Å². The summed E-state index contributed by atoms with van der Waals surface area (Å²) in [6.45, 7) is 3.25. The van der Waals surface area contributed by atoms with Gasteiger partial charge in [-0.15, -0.1) is 0 Å². The first kappa shape index (κ1) is 22.1. The van der Waals surface area contributed by atoms with Crippen LogP contribution in [0.2, 0.25) is 0 Å².